The largest absolute Gasteiger partial charge is 0.532 e. The van der Waals surface area contributed by atoms with E-state index < -0.39 is 51.0 Å². The minimum absolute atomic E-state index is 0.191. The van der Waals surface area contributed by atoms with Crippen molar-refractivity contribution in [3.05, 3.63) is 0 Å². The van der Waals surface area contributed by atoms with Crippen LogP contribution in [0.15, 0.2) is 0 Å². The van der Waals surface area contributed by atoms with Crippen LogP contribution < -0.4 is 0 Å². The molecule has 0 aliphatic carbocycles. The number of aliphatic hydroxyl groups excluding tert-OH is 1. The van der Waals surface area contributed by atoms with Crippen molar-refractivity contribution in [2.24, 2.45) is 0 Å². The molecule has 0 aliphatic rings. The predicted octanol–water partition coefficient (Wildman–Crippen LogP) is 3.11. The van der Waals surface area contributed by atoms with E-state index in [0.29, 0.717) is 0 Å². The number of hydrogen-bond donors (Lipinski definition) is 1. The Kier molecular flexibility index (Phi) is 44.2. The second-order valence-corrected chi connectivity index (χ2v) is 10.2. The first-order chi connectivity index (χ1) is 14.2. The van der Waals surface area contributed by atoms with Gasteiger partial charge in [-0.1, -0.05) is 0 Å². The van der Waals surface area contributed by atoms with Crippen LogP contribution in [0, 0.1) is 0 Å². The van der Waals surface area contributed by atoms with Crippen molar-refractivity contribution in [1.29, 1.82) is 0 Å². The van der Waals surface area contributed by atoms with Crippen LogP contribution in [0.3, 0.4) is 0 Å². The van der Waals surface area contributed by atoms with Crippen molar-refractivity contribution in [2.75, 3.05) is 75.4 Å². The van der Waals surface area contributed by atoms with E-state index >= 15 is 0 Å². The highest BCUT2D eigenvalue weighted by Crippen LogP contribution is 2.10. The molecule has 0 saturated heterocycles. The monoisotopic (exact) mass is 510 g/mol. The Hall–Kier alpha value is -0.446. The van der Waals surface area contributed by atoms with E-state index in [0.717, 1.165) is 0 Å². The Balaban J connectivity index is -0.0000000946. The summed E-state index contributed by atoms with van der Waals surface area (Å²) in [6.45, 7) is -4.95. The summed E-state index contributed by atoms with van der Waals surface area (Å²) in [6.07, 6.45) is -0.875. The molecular formula is C12H30F8O8Si2. The molecule has 18 heteroatoms. The number of alkyl halides is 6. The molecule has 0 aromatic carbocycles. The maximum atomic E-state index is 12.0. The van der Waals surface area contributed by atoms with Crippen LogP contribution in [-0.2, 0) is 32.0 Å². The Bertz CT molecular complexity index is 253. The summed E-state index contributed by atoms with van der Waals surface area (Å²) in [6, 6.07) is 0.191. The van der Waals surface area contributed by atoms with Crippen LogP contribution >= 0.6 is 0 Å². The molecule has 0 spiro atoms. The van der Waals surface area contributed by atoms with E-state index in [2.05, 4.69) is 9.88 Å². The summed E-state index contributed by atoms with van der Waals surface area (Å²) in [7, 11) is 1.59. The van der Waals surface area contributed by atoms with E-state index in [1.54, 1.807) is 0 Å². The number of rotatable bonds is 11. The molecule has 0 aliphatic heterocycles. The summed E-state index contributed by atoms with van der Waals surface area (Å²) >= 11 is 0. The Morgan fingerprint density at radius 1 is 0.667 bits per heavy atom. The van der Waals surface area contributed by atoms with Crippen LogP contribution in [0.4, 0.5) is 35.4 Å². The second-order valence-electron chi connectivity index (χ2n) is 3.88. The molecule has 0 unspecified atom stereocenters. The van der Waals surface area contributed by atoms with Crippen LogP contribution in [-0.4, -0.2) is 97.9 Å². The maximum absolute atomic E-state index is 12.0. The van der Waals surface area contributed by atoms with Gasteiger partial charge in [0, 0.05) is 41.6 Å². The molecule has 0 radical (unpaired) electrons. The molecule has 0 fully saturated rings. The molecule has 0 heterocycles. The first-order valence-corrected chi connectivity index (χ1v) is 11.6. The molecule has 1 N–H and O–H groups in total. The van der Waals surface area contributed by atoms with Crippen LogP contribution in [0.2, 0.25) is 6.04 Å². The van der Waals surface area contributed by atoms with Gasteiger partial charge in [0.1, 0.15) is 0 Å². The molecule has 0 bridgehead atoms. The Labute approximate surface area is 172 Å². The van der Waals surface area contributed by atoms with E-state index in [1.807, 2.05) is 0 Å². The molecule has 0 aromatic heterocycles. The Morgan fingerprint density at radius 2 is 0.967 bits per heavy atom. The molecule has 0 saturated carbocycles. The molecule has 0 aromatic rings. The van der Waals surface area contributed by atoms with Gasteiger partial charge in [0.2, 0.25) is 20.6 Å². The zero-order chi connectivity index (χ0) is 24.9. The topological polar surface area (TPSA) is 84.8 Å². The summed E-state index contributed by atoms with van der Waals surface area (Å²) in [4.78, 5) is 4.75. The Morgan fingerprint density at radius 3 is 1.00 bits per heavy atom. The first-order valence-electron chi connectivity index (χ1n) is 7.43. The lowest BCUT2D eigenvalue weighted by Gasteiger charge is -2.23. The lowest BCUT2D eigenvalue weighted by Crippen LogP contribution is -2.45. The van der Waals surface area contributed by atoms with Gasteiger partial charge in [-0.15, -0.1) is 0 Å². The number of hydrogen-bond acceptors (Lipinski definition) is 8. The third-order valence-electron chi connectivity index (χ3n) is 2.64. The number of aliphatic hydroxyl groups is 1. The highest BCUT2D eigenvalue weighted by molar-refractivity contribution is 6.67. The number of halogens is 8. The minimum Gasteiger partial charge on any atom is -0.396 e. The summed E-state index contributed by atoms with van der Waals surface area (Å²) in [5.74, 6) is 0. The standard InChI is InChI=1S/C5H13FO3Si.C4H11FO3Si.2CH2F2O.CH2F2/c1-8-10(5-7,9-2)4-3-6;1-6-9(4-5,7-2)8-3;2*2-1-4-3;2-1-3/h7H,3-5H2,1-2H3;4H2,1-3H3;2*1H2;1H2. The minimum atomic E-state index is -2.86. The molecular weight excluding hydrogens is 480 g/mol. The van der Waals surface area contributed by atoms with Gasteiger partial charge in [0.05, 0.1) is 12.9 Å². The fraction of sp³-hybridized carbons (Fsp3) is 1.00. The van der Waals surface area contributed by atoms with Gasteiger partial charge in [0.15, 0.2) is 6.30 Å². The van der Waals surface area contributed by atoms with E-state index in [9.17, 15) is 35.4 Å². The molecule has 190 valence electrons. The maximum Gasteiger partial charge on any atom is 0.532 e. The lowest BCUT2D eigenvalue weighted by molar-refractivity contribution is -0.167. The van der Waals surface area contributed by atoms with Crippen LogP contribution in [0.5, 0.6) is 0 Å². The first kappa shape index (κ1) is 40.0. The zero-order valence-corrected chi connectivity index (χ0v) is 19.3. The van der Waals surface area contributed by atoms with Gasteiger partial charge in [0.25, 0.3) is 0 Å². The van der Waals surface area contributed by atoms with Crippen LogP contribution in [0.1, 0.15) is 0 Å². The lowest BCUT2D eigenvalue weighted by atomic mass is 10.9. The van der Waals surface area contributed by atoms with Crippen molar-refractivity contribution in [3.8, 4) is 0 Å². The molecule has 0 amide bonds. The van der Waals surface area contributed by atoms with Crippen molar-refractivity contribution in [3.63, 3.8) is 0 Å². The third kappa shape index (κ3) is 27.6. The fourth-order valence-corrected chi connectivity index (χ4v) is 3.16. The van der Waals surface area contributed by atoms with E-state index in [1.165, 1.54) is 35.5 Å². The van der Waals surface area contributed by atoms with E-state index in [-0.39, 0.29) is 12.3 Å². The van der Waals surface area contributed by atoms with Gasteiger partial charge in [-0.3, -0.25) is 4.39 Å². The molecule has 0 atom stereocenters. The summed E-state index contributed by atoms with van der Waals surface area (Å²) < 4.78 is 107. The van der Waals surface area contributed by atoms with Crippen molar-refractivity contribution in [1.82, 2.24) is 0 Å². The molecule has 0 rings (SSSR count). The van der Waals surface area contributed by atoms with Crippen molar-refractivity contribution in [2.45, 2.75) is 6.04 Å². The molecule has 30 heavy (non-hydrogen) atoms. The second kappa shape index (κ2) is 33.2. The van der Waals surface area contributed by atoms with Gasteiger partial charge in [-0.2, -0.15) is 9.88 Å². The van der Waals surface area contributed by atoms with Gasteiger partial charge in [-0.05, 0) is 9.05 Å². The van der Waals surface area contributed by atoms with Crippen LogP contribution in [0.25, 0.3) is 0 Å². The van der Waals surface area contributed by atoms with Gasteiger partial charge >= 0.3 is 17.4 Å². The average molecular weight is 511 g/mol. The zero-order valence-electron chi connectivity index (χ0n) is 17.3. The van der Waals surface area contributed by atoms with Crippen molar-refractivity contribution >= 4 is 17.4 Å². The SMILES string of the molecule is CO[Si](CF)(OC)OC.CO[Si](CO)(CCF)OC.FCF.FCOF.FCOF. The normalized spacial score (nSPS) is 10.2. The molecule has 8 nitrogen and oxygen atoms in total. The average Bonchev–Trinajstić information content (AvgIpc) is 2.81. The highest BCUT2D eigenvalue weighted by Gasteiger charge is 2.38. The summed E-state index contributed by atoms with van der Waals surface area (Å²) in [5.41, 5.74) is 0. The van der Waals surface area contributed by atoms with Gasteiger partial charge in [-0.25, -0.2) is 22.0 Å². The fourth-order valence-electron chi connectivity index (χ4n) is 1.05. The smallest absolute Gasteiger partial charge is 0.396 e. The highest BCUT2D eigenvalue weighted by atomic mass is 28.4. The van der Waals surface area contributed by atoms with Gasteiger partial charge < -0.3 is 27.2 Å². The summed E-state index contributed by atoms with van der Waals surface area (Å²) in [5, 5.41) is 8.75. The quantitative estimate of drug-likeness (QED) is 0.335. The third-order valence-corrected chi connectivity index (χ3v) is 7.75. The predicted molar refractivity (Wildman–Crippen MR) is 93.8 cm³/mol. The van der Waals surface area contributed by atoms with Crippen molar-refractivity contribution < 1.29 is 72.5 Å². The van der Waals surface area contributed by atoms with E-state index in [4.69, 9.17) is 27.2 Å².